The van der Waals surface area contributed by atoms with Crippen LogP contribution in [-0.2, 0) is 6.54 Å². The summed E-state index contributed by atoms with van der Waals surface area (Å²) in [5.74, 6) is 0.769. The number of aryl methyl sites for hydroxylation is 1. The lowest BCUT2D eigenvalue weighted by molar-refractivity contribution is 0.469. The van der Waals surface area contributed by atoms with E-state index in [1.807, 2.05) is 0 Å². The first-order valence-electron chi connectivity index (χ1n) is 5.27. The summed E-state index contributed by atoms with van der Waals surface area (Å²) in [6, 6.07) is 6.46. The smallest absolute Gasteiger partial charge is 0.134 e. The van der Waals surface area contributed by atoms with E-state index in [-0.39, 0.29) is 5.82 Å². The van der Waals surface area contributed by atoms with Gasteiger partial charge in [0.25, 0.3) is 0 Å². The minimum atomic E-state index is -0.286. The second-order valence-corrected chi connectivity index (χ2v) is 3.70. The standard InChI is InChI=1S/C13H13FN2O/c1-9-2-3-11(6-12(9)14)17-13-4-5-16-8-10(13)7-15/h2-6,8H,7,15H2,1H3. The van der Waals surface area contributed by atoms with Crippen LogP contribution in [-0.4, -0.2) is 4.98 Å². The molecule has 17 heavy (non-hydrogen) atoms. The predicted octanol–water partition coefficient (Wildman–Crippen LogP) is 2.78. The Kier molecular flexibility index (Phi) is 3.35. The van der Waals surface area contributed by atoms with Crippen LogP contribution in [0.5, 0.6) is 11.5 Å². The number of benzene rings is 1. The van der Waals surface area contributed by atoms with E-state index in [1.165, 1.54) is 6.07 Å². The molecular formula is C13H13FN2O. The summed E-state index contributed by atoms with van der Waals surface area (Å²) in [4.78, 5) is 3.96. The van der Waals surface area contributed by atoms with Crippen LogP contribution in [0.4, 0.5) is 4.39 Å². The highest BCUT2D eigenvalue weighted by Crippen LogP contribution is 2.25. The Morgan fingerprint density at radius 3 is 2.88 bits per heavy atom. The highest BCUT2D eigenvalue weighted by molar-refractivity contribution is 5.37. The lowest BCUT2D eigenvalue weighted by Gasteiger charge is -2.09. The molecule has 0 saturated heterocycles. The van der Waals surface area contributed by atoms with Gasteiger partial charge in [-0.05, 0) is 24.6 Å². The Morgan fingerprint density at radius 1 is 1.35 bits per heavy atom. The first kappa shape index (κ1) is 11.5. The Morgan fingerprint density at radius 2 is 2.18 bits per heavy atom. The van der Waals surface area contributed by atoms with Gasteiger partial charge in [-0.1, -0.05) is 6.07 Å². The van der Waals surface area contributed by atoms with Crippen LogP contribution in [0.1, 0.15) is 11.1 Å². The normalized spacial score (nSPS) is 10.3. The SMILES string of the molecule is Cc1ccc(Oc2ccncc2CN)cc1F. The molecule has 0 aliphatic rings. The molecule has 2 rings (SSSR count). The van der Waals surface area contributed by atoms with Gasteiger partial charge in [0, 0.05) is 30.6 Å². The van der Waals surface area contributed by atoms with Crippen LogP contribution in [0.15, 0.2) is 36.7 Å². The van der Waals surface area contributed by atoms with Gasteiger partial charge in [-0.15, -0.1) is 0 Å². The highest BCUT2D eigenvalue weighted by atomic mass is 19.1. The highest BCUT2D eigenvalue weighted by Gasteiger charge is 2.05. The van der Waals surface area contributed by atoms with Gasteiger partial charge >= 0.3 is 0 Å². The van der Waals surface area contributed by atoms with E-state index in [0.29, 0.717) is 23.6 Å². The Labute approximate surface area is 99.1 Å². The molecule has 1 aromatic heterocycles. The molecule has 88 valence electrons. The van der Waals surface area contributed by atoms with Crippen LogP contribution < -0.4 is 10.5 Å². The van der Waals surface area contributed by atoms with E-state index >= 15 is 0 Å². The third kappa shape index (κ3) is 2.60. The molecular weight excluding hydrogens is 219 g/mol. The summed E-state index contributed by atoms with van der Waals surface area (Å²) < 4.78 is 18.9. The van der Waals surface area contributed by atoms with Gasteiger partial charge in [0.05, 0.1) is 0 Å². The zero-order valence-corrected chi connectivity index (χ0v) is 9.48. The van der Waals surface area contributed by atoms with Crippen molar-refractivity contribution in [2.24, 2.45) is 5.73 Å². The molecule has 1 heterocycles. The fraction of sp³-hybridized carbons (Fsp3) is 0.154. The lowest BCUT2D eigenvalue weighted by atomic mass is 10.2. The molecule has 3 nitrogen and oxygen atoms in total. The van der Waals surface area contributed by atoms with Crippen LogP contribution in [0.3, 0.4) is 0 Å². The molecule has 0 amide bonds. The van der Waals surface area contributed by atoms with E-state index in [4.69, 9.17) is 10.5 Å². The molecule has 0 unspecified atom stereocenters. The molecule has 0 aliphatic heterocycles. The van der Waals surface area contributed by atoms with Crippen molar-refractivity contribution in [3.63, 3.8) is 0 Å². The van der Waals surface area contributed by atoms with Gasteiger partial charge in [0.15, 0.2) is 0 Å². The third-order valence-electron chi connectivity index (χ3n) is 2.45. The van der Waals surface area contributed by atoms with Gasteiger partial charge in [0.2, 0.25) is 0 Å². The number of aromatic nitrogens is 1. The largest absolute Gasteiger partial charge is 0.457 e. The van der Waals surface area contributed by atoms with Gasteiger partial charge < -0.3 is 10.5 Å². The molecule has 0 aliphatic carbocycles. The number of rotatable bonds is 3. The van der Waals surface area contributed by atoms with Crippen LogP contribution in [0.25, 0.3) is 0 Å². The molecule has 0 atom stereocenters. The van der Waals surface area contributed by atoms with Crippen molar-refractivity contribution >= 4 is 0 Å². The van der Waals surface area contributed by atoms with Gasteiger partial charge in [-0.2, -0.15) is 0 Å². The average Bonchev–Trinajstić information content (AvgIpc) is 2.34. The average molecular weight is 232 g/mol. The maximum Gasteiger partial charge on any atom is 0.134 e. The number of ether oxygens (including phenoxy) is 1. The van der Waals surface area contributed by atoms with Crippen LogP contribution >= 0.6 is 0 Å². The van der Waals surface area contributed by atoms with Crippen molar-refractivity contribution in [3.05, 3.63) is 53.6 Å². The second-order valence-electron chi connectivity index (χ2n) is 3.70. The summed E-state index contributed by atoms with van der Waals surface area (Å²) in [7, 11) is 0. The van der Waals surface area contributed by atoms with E-state index in [9.17, 15) is 4.39 Å². The first-order chi connectivity index (χ1) is 8.20. The maximum atomic E-state index is 13.3. The van der Waals surface area contributed by atoms with Crippen LogP contribution in [0.2, 0.25) is 0 Å². The van der Waals surface area contributed by atoms with Crippen molar-refractivity contribution in [2.45, 2.75) is 13.5 Å². The second kappa shape index (κ2) is 4.93. The fourth-order valence-electron chi connectivity index (χ4n) is 1.43. The van der Waals surface area contributed by atoms with Crippen molar-refractivity contribution in [2.75, 3.05) is 0 Å². The predicted molar refractivity (Wildman–Crippen MR) is 63.3 cm³/mol. The Bertz CT molecular complexity index is 529. The van der Waals surface area contributed by atoms with Crippen molar-refractivity contribution in [1.82, 2.24) is 4.98 Å². The molecule has 4 heteroatoms. The van der Waals surface area contributed by atoms with E-state index in [0.717, 1.165) is 5.56 Å². The van der Waals surface area contributed by atoms with Crippen molar-refractivity contribution in [3.8, 4) is 11.5 Å². The van der Waals surface area contributed by atoms with Crippen LogP contribution in [0, 0.1) is 12.7 Å². The molecule has 2 aromatic rings. The van der Waals surface area contributed by atoms with Gasteiger partial charge in [-0.3, -0.25) is 4.98 Å². The molecule has 0 spiro atoms. The number of nitrogens with two attached hydrogens (primary N) is 1. The van der Waals surface area contributed by atoms with Crippen molar-refractivity contribution < 1.29 is 9.13 Å². The van der Waals surface area contributed by atoms with E-state index in [1.54, 1.807) is 37.5 Å². The summed E-state index contributed by atoms with van der Waals surface area (Å²) in [5.41, 5.74) is 6.94. The topological polar surface area (TPSA) is 48.1 Å². The zero-order chi connectivity index (χ0) is 12.3. The Balaban J connectivity index is 2.28. The molecule has 0 saturated carbocycles. The number of pyridine rings is 1. The Hall–Kier alpha value is -1.94. The van der Waals surface area contributed by atoms with Gasteiger partial charge in [-0.25, -0.2) is 4.39 Å². The van der Waals surface area contributed by atoms with E-state index in [2.05, 4.69) is 4.98 Å². The minimum Gasteiger partial charge on any atom is -0.457 e. The summed E-state index contributed by atoms with van der Waals surface area (Å²) in [6.07, 6.45) is 3.25. The number of hydrogen-bond donors (Lipinski definition) is 1. The third-order valence-corrected chi connectivity index (χ3v) is 2.45. The fourth-order valence-corrected chi connectivity index (χ4v) is 1.43. The molecule has 0 radical (unpaired) electrons. The summed E-state index contributed by atoms with van der Waals surface area (Å²) in [6.45, 7) is 2.04. The minimum absolute atomic E-state index is 0.286. The molecule has 2 N–H and O–H groups in total. The van der Waals surface area contributed by atoms with Crippen molar-refractivity contribution in [1.29, 1.82) is 0 Å². The monoisotopic (exact) mass is 232 g/mol. The zero-order valence-electron chi connectivity index (χ0n) is 9.48. The molecule has 1 aromatic carbocycles. The molecule has 0 bridgehead atoms. The maximum absolute atomic E-state index is 13.3. The first-order valence-corrected chi connectivity index (χ1v) is 5.27. The van der Waals surface area contributed by atoms with Gasteiger partial charge in [0.1, 0.15) is 17.3 Å². The number of nitrogens with zero attached hydrogens (tertiary/aromatic N) is 1. The molecule has 0 fully saturated rings. The summed E-state index contributed by atoms with van der Waals surface area (Å²) >= 11 is 0. The summed E-state index contributed by atoms with van der Waals surface area (Å²) in [5, 5.41) is 0. The number of halogens is 1. The van der Waals surface area contributed by atoms with E-state index < -0.39 is 0 Å². The number of hydrogen-bond acceptors (Lipinski definition) is 3. The lowest BCUT2D eigenvalue weighted by Crippen LogP contribution is -2.00. The quantitative estimate of drug-likeness (QED) is 0.885.